The van der Waals surface area contributed by atoms with Crippen molar-refractivity contribution >= 4 is 0 Å². The lowest BCUT2D eigenvalue weighted by Gasteiger charge is -2.18. The van der Waals surface area contributed by atoms with Crippen LogP contribution in [-0.2, 0) is 6.54 Å². The zero-order valence-corrected chi connectivity index (χ0v) is 9.59. The summed E-state index contributed by atoms with van der Waals surface area (Å²) in [7, 11) is 0. The SMILES string of the molecule is CC(C)c1nnc(CNC(C)(C)C)o1. The maximum atomic E-state index is 5.46. The van der Waals surface area contributed by atoms with Crippen LogP contribution in [0.1, 0.15) is 52.3 Å². The molecule has 14 heavy (non-hydrogen) atoms. The first-order valence-corrected chi connectivity index (χ1v) is 4.96. The van der Waals surface area contributed by atoms with Crippen LogP contribution in [0.2, 0.25) is 0 Å². The molecule has 0 aromatic carbocycles. The van der Waals surface area contributed by atoms with E-state index in [1.165, 1.54) is 0 Å². The second-order valence-electron chi connectivity index (χ2n) is 4.79. The molecule has 4 nitrogen and oxygen atoms in total. The maximum Gasteiger partial charge on any atom is 0.230 e. The molecule has 1 rings (SSSR count). The van der Waals surface area contributed by atoms with Crippen LogP contribution in [-0.4, -0.2) is 15.7 Å². The molecule has 80 valence electrons. The summed E-state index contributed by atoms with van der Waals surface area (Å²) in [5.41, 5.74) is 0.0759. The molecule has 0 saturated carbocycles. The third-order valence-corrected chi connectivity index (χ3v) is 1.75. The molecular formula is C10H19N3O. The molecule has 0 aliphatic heterocycles. The molecule has 4 heteroatoms. The van der Waals surface area contributed by atoms with Crippen molar-refractivity contribution in [2.45, 2.75) is 52.6 Å². The van der Waals surface area contributed by atoms with E-state index in [-0.39, 0.29) is 5.54 Å². The molecule has 0 aliphatic carbocycles. The molecule has 1 heterocycles. The fourth-order valence-corrected chi connectivity index (χ4v) is 0.912. The van der Waals surface area contributed by atoms with Crippen LogP contribution < -0.4 is 5.32 Å². The van der Waals surface area contributed by atoms with Crippen molar-refractivity contribution in [3.63, 3.8) is 0 Å². The van der Waals surface area contributed by atoms with Gasteiger partial charge in [0.15, 0.2) is 0 Å². The summed E-state index contributed by atoms with van der Waals surface area (Å²) < 4.78 is 5.46. The first-order valence-electron chi connectivity index (χ1n) is 4.96. The van der Waals surface area contributed by atoms with Gasteiger partial charge in [0.2, 0.25) is 11.8 Å². The summed E-state index contributed by atoms with van der Waals surface area (Å²) in [6.07, 6.45) is 0. The standard InChI is InChI=1S/C10H19N3O/c1-7(2)9-13-12-8(14-9)6-11-10(3,4)5/h7,11H,6H2,1-5H3. The van der Waals surface area contributed by atoms with Gasteiger partial charge in [-0.1, -0.05) is 13.8 Å². The Balaban J connectivity index is 2.52. The Hall–Kier alpha value is -0.900. The van der Waals surface area contributed by atoms with Gasteiger partial charge in [-0.05, 0) is 20.8 Å². The zero-order chi connectivity index (χ0) is 10.8. The second-order valence-corrected chi connectivity index (χ2v) is 4.79. The summed E-state index contributed by atoms with van der Waals surface area (Å²) in [5.74, 6) is 1.66. The largest absolute Gasteiger partial charge is 0.424 e. The normalized spacial score (nSPS) is 12.4. The molecule has 0 bridgehead atoms. The number of nitrogens with zero attached hydrogens (tertiary/aromatic N) is 2. The molecule has 0 radical (unpaired) electrons. The summed E-state index contributed by atoms with van der Waals surface area (Å²) in [4.78, 5) is 0. The number of hydrogen-bond donors (Lipinski definition) is 1. The topological polar surface area (TPSA) is 51.0 Å². The van der Waals surface area contributed by atoms with Crippen LogP contribution >= 0.6 is 0 Å². The quantitative estimate of drug-likeness (QED) is 0.806. The van der Waals surface area contributed by atoms with Gasteiger partial charge in [0.1, 0.15) is 0 Å². The fraction of sp³-hybridized carbons (Fsp3) is 0.800. The van der Waals surface area contributed by atoms with Crippen molar-refractivity contribution in [1.82, 2.24) is 15.5 Å². The molecule has 0 atom stereocenters. The molecule has 1 N–H and O–H groups in total. The van der Waals surface area contributed by atoms with Gasteiger partial charge < -0.3 is 9.73 Å². The summed E-state index contributed by atoms with van der Waals surface area (Å²) in [6, 6.07) is 0. The number of rotatable bonds is 3. The van der Waals surface area contributed by atoms with E-state index < -0.39 is 0 Å². The van der Waals surface area contributed by atoms with Crippen molar-refractivity contribution < 1.29 is 4.42 Å². The summed E-state index contributed by atoms with van der Waals surface area (Å²) >= 11 is 0. The van der Waals surface area contributed by atoms with Crippen molar-refractivity contribution in [2.75, 3.05) is 0 Å². The van der Waals surface area contributed by atoms with Crippen LogP contribution in [0.25, 0.3) is 0 Å². The molecule has 0 unspecified atom stereocenters. The van der Waals surface area contributed by atoms with Crippen LogP contribution in [0, 0.1) is 0 Å². The zero-order valence-electron chi connectivity index (χ0n) is 9.59. The lowest BCUT2D eigenvalue weighted by atomic mass is 10.1. The van der Waals surface area contributed by atoms with E-state index in [4.69, 9.17) is 4.42 Å². The summed E-state index contributed by atoms with van der Waals surface area (Å²) in [6.45, 7) is 11.0. The molecular weight excluding hydrogens is 178 g/mol. The Morgan fingerprint density at radius 2 is 1.93 bits per heavy atom. The molecule has 1 aromatic rings. The van der Waals surface area contributed by atoms with E-state index >= 15 is 0 Å². The Bertz CT molecular complexity index is 286. The van der Waals surface area contributed by atoms with E-state index in [9.17, 15) is 0 Å². The van der Waals surface area contributed by atoms with Crippen LogP contribution in [0.3, 0.4) is 0 Å². The van der Waals surface area contributed by atoms with E-state index in [1.54, 1.807) is 0 Å². The predicted octanol–water partition coefficient (Wildman–Crippen LogP) is 2.08. The molecule has 0 fully saturated rings. The number of nitrogens with one attached hydrogen (secondary N) is 1. The highest BCUT2D eigenvalue weighted by Gasteiger charge is 2.13. The van der Waals surface area contributed by atoms with Crippen molar-refractivity contribution in [3.8, 4) is 0 Å². The summed E-state index contributed by atoms with van der Waals surface area (Å²) in [5, 5.41) is 11.2. The van der Waals surface area contributed by atoms with Crippen molar-refractivity contribution in [1.29, 1.82) is 0 Å². The highest BCUT2D eigenvalue weighted by Crippen LogP contribution is 2.12. The minimum absolute atomic E-state index is 0.0759. The minimum Gasteiger partial charge on any atom is -0.424 e. The van der Waals surface area contributed by atoms with Gasteiger partial charge in [0, 0.05) is 11.5 Å². The van der Waals surface area contributed by atoms with Gasteiger partial charge in [-0.15, -0.1) is 10.2 Å². The number of aromatic nitrogens is 2. The average Bonchev–Trinajstić information content (AvgIpc) is 2.47. The van der Waals surface area contributed by atoms with E-state index in [2.05, 4.69) is 36.3 Å². The lowest BCUT2D eigenvalue weighted by molar-refractivity contribution is 0.366. The van der Waals surface area contributed by atoms with Gasteiger partial charge >= 0.3 is 0 Å². The lowest BCUT2D eigenvalue weighted by Crippen LogP contribution is -2.35. The number of hydrogen-bond acceptors (Lipinski definition) is 4. The minimum atomic E-state index is 0.0759. The predicted molar refractivity (Wildman–Crippen MR) is 55.0 cm³/mol. The Labute approximate surface area is 85.1 Å². The fourth-order valence-electron chi connectivity index (χ4n) is 0.912. The maximum absolute atomic E-state index is 5.46. The van der Waals surface area contributed by atoms with Gasteiger partial charge in [0.05, 0.1) is 6.54 Å². The van der Waals surface area contributed by atoms with Crippen molar-refractivity contribution in [3.05, 3.63) is 11.8 Å². The molecule has 1 aromatic heterocycles. The van der Waals surface area contributed by atoms with E-state index in [0.29, 0.717) is 24.2 Å². The molecule has 0 spiro atoms. The van der Waals surface area contributed by atoms with Gasteiger partial charge in [-0.3, -0.25) is 0 Å². The van der Waals surface area contributed by atoms with Crippen LogP contribution in [0.15, 0.2) is 4.42 Å². The third kappa shape index (κ3) is 3.46. The Morgan fingerprint density at radius 1 is 1.29 bits per heavy atom. The molecule has 0 aliphatic rings. The smallest absolute Gasteiger partial charge is 0.230 e. The van der Waals surface area contributed by atoms with Gasteiger partial charge in [-0.25, -0.2) is 0 Å². The monoisotopic (exact) mass is 197 g/mol. The molecule has 0 saturated heterocycles. The highest BCUT2D eigenvalue weighted by molar-refractivity contribution is 4.87. The second kappa shape index (κ2) is 4.09. The first-order chi connectivity index (χ1) is 6.38. The van der Waals surface area contributed by atoms with E-state index in [0.717, 1.165) is 0 Å². The van der Waals surface area contributed by atoms with Crippen LogP contribution in [0.4, 0.5) is 0 Å². The molecule has 0 amide bonds. The van der Waals surface area contributed by atoms with Gasteiger partial charge in [-0.2, -0.15) is 0 Å². The third-order valence-electron chi connectivity index (χ3n) is 1.75. The average molecular weight is 197 g/mol. The highest BCUT2D eigenvalue weighted by atomic mass is 16.4. The van der Waals surface area contributed by atoms with E-state index in [1.807, 2.05) is 13.8 Å². The first kappa shape index (κ1) is 11.2. The Morgan fingerprint density at radius 3 is 2.36 bits per heavy atom. The van der Waals surface area contributed by atoms with Crippen LogP contribution in [0.5, 0.6) is 0 Å². The van der Waals surface area contributed by atoms with Crippen molar-refractivity contribution in [2.24, 2.45) is 0 Å². The van der Waals surface area contributed by atoms with Gasteiger partial charge in [0.25, 0.3) is 0 Å². The Kier molecular flexibility index (Phi) is 3.26.